The van der Waals surface area contributed by atoms with Crippen molar-refractivity contribution in [3.05, 3.63) is 52.6 Å². The van der Waals surface area contributed by atoms with Crippen LogP contribution < -0.4 is 9.62 Å². The average Bonchev–Trinajstić information content (AvgIpc) is 2.60. The highest BCUT2D eigenvalue weighted by molar-refractivity contribution is 7.88. The summed E-state index contributed by atoms with van der Waals surface area (Å²) < 4.78 is 25.6. The summed E-state index contributed by atoms with van der Waals surface area (Å²) in [5.41, 5.74) is 0.929. The SMILES string of the molecule is CS(=O)(=O)NC1CCCN(c2ccc([N+](=O)[O-])c(-c3ccccc3)n2)C1. The molecule has 0 radical (unpaired) electrons. The van der Waals surface area contributed by atoms with E-state index in [1.165, 1.54) is 6.07 Å². The molecule has 1 aromatic heterocycles. The Labute approximate surface area is 152 Å². The minimum Gasteiger partial charge on any atom is -0.355 e. The second kappa shape index (κ2) is 7.38. The Hall–Kier alpha value is -2.52. The van der Waals surface area contributed by atoms with Crippen LogP contribution in [0.1, 0.15) is 12.8 Å². The Kier molecular flexibility index (Phi) is 5.19. The zero-order valence-electron chi connectivity index (χ0n) is 14.3. The van der Waals surface area contributed by atoms with Gasteiger partial charge in [-0.1, -0.05) is 30.3 Å². The Morgan fingerprint density at radius 1 is 1.23 bits per heavy atom. The summed E-state index contributed by atoms with van der Waals surface area (Å²) >= 11 is 0. The molecule has 1 aliphatic rings. The van der Waals surface area contributed by atoms with Crippen LogP contribution in [0.3, 0.4) is 0 Å². The van der Waals surface area contributed by atoms with Gasteiger partial charge in [0.15, 0.2) is 5.69 Å². The summed E-state index contributed by atoms with van der Waals surface area (Å²) in [5.74, 6) is 0.606. The first kappa shape index (κ1) is 18.3. The van der Waals surface area contributed by atoms with Crippen LogP contribution >= 0.6 is 0 Å². The number of hydrogen-bond donors (Lipinski definition) is 1. The number of sulfonamides is 1. The Morgan fingerprint density at radius 3 is 2.62 bits per heavy atom. The maximum Gasteiger partial charge on any atom is 0.295 e. The molecule has 3 rings (SSSR count). The molecule has 0 saturated carbocycles. The molecule has 2 heterocycles. The summed E-state index contributed by atoms with van der Waals surface area (Å²) in [6, 6.07) is 11.9. The molecule has 0 aliphatic carbocycles. The van der Waals surface area contributed by atoms with E-state index in [9.17, 15) is 18.5 Å². The van der Waals surface area contributed by atoms with Crippen molar-refractivity contribution in [1.82, 2.24) is 9.71 Å². The van der Waals surface area contributed by atoms with Crippen molar-refractivity contribution in [3.63, 3.8) is 0 Å². The molecule has 2 aromatic rings. The van der Waals surface area contributed by atoms with E-state index in [4.69, 9.17) is 0 Å². The van der Waals surface area contributed by atoms with Crippen molar-refractivity contribution in [2.45, 2.75) is 18.9 Å². The van der Waals surface area contributed by atoms with Gasteiger partial charge in [0.1, 0.15) is 5.82 Å². The van der Waals surface area contributed by atoms with Gasteiger partial charge in [0, 0.05) is 30.8 Å². The lowest BCUT2D eigenvalue weighted by molar-refractivity contribution is -0.384. The van der Waals surface area contributed by atoms with Crippen LogP contribution in [0.2, 0.25) is 0 Å². The van der Waals surface area contributed by atoms with Crippen molar-refractivity contribution < 1.29 is 13.3 Å². The third-order valence-corrected chi connectivity index (χ3v) is 4.99. The van der Waals surface area contributed by atoms with Gasteiger partial charge in [0.2, 0.25) is 10.0 Å². The normalized spacial score (nSPS) is 17.9. The quantitative estimate of drug-likeness (QED) is 0.633. The zero-order valence-corrected chi connectivity index (χ0v) is 15.1. The maximum absolute atomic E-state index is 11.5. The highest BCUT2D eigenvalue weighted by Gasteiger charge is 2.25. The molecule has 26 heavy (non-hydrogen) atoms. The Bertz CT molecular complexity index is 902. The number of nitrogens with zero attached hydrogens (tertiary/aromatic N) is 3. The van der Waals surface area contributed by atoms with Crippen LogP contribution in [-0.4, -0.2) is 43.7 Å². The number of nitrogens with one attached hydrogen (secondary N) is 1. The highest BCUT2D eigenvalue weighted by atomic mass is 32.2. The second-order valence-electron chi connectivity index (χ2n) is 6.34. The van der Waals surface area contributed by atoms with Crippen LogP contribution in [0, 0.1) is 10.1 Å². The number of anilines is 1. The molecule has 8 nitrogen and oxygen atoms in total. The van der Waals surface area contributed by atoms with Gasteiger partial charge in [-0.3, -0.25) is 10.1 Å². The average molecular weight is 376 g/mol. The van der Waals surface area contributed by atoms with Crippen LogP contribution in [-0.2, 0) is 10.0 Å². The Balaban J connectivity index is 1.92. The van der Waals surface area contributed by atoms with Gasteiger partial charge in [0.05, 0.1) is 11.2 Å². The van der Waals surface area contributed by atoms with Crippen molar-refractivity contribution in [2.24, 2.45) is 0 Å². The molecule has 9 heteroatoms. The van der Waals surface area contributed by atoms with Gasteiger partial charge in [0.25, 0.3) is 5.69 Å². The summed E-state index contributed by atoms with van der Waals surface area (Å²) in [4.78, 5) is 17.4. The van der Waals surface area contributed by atoms with E-state index in [-0.39, 0.29) is 11.7 Å². The second-order valence-corrected chi connectivity index (χ2v) is 8.12. The molecule has 1 N–H and O–H groups in total. The molecule has 1 aromatic carbocycles. The lowest BCUT2D eigenvalue weighted by Gasteiger charge is -2.33. The number of pyridine rings is 1. The topological polar surface area (TPSA) is 105 Å². The molecule has 1 fully saturated rings. The first-order valence-corrected chi connectivity index (χ1v) is 10.2. The summed E-state index contributed by atoms with van der Waals surface area (Å²) in [6.45, 7) is 1.20. The van der Waals surface area contributed by atoms with E-state index in [1.807, 2.05) is 11.0 Å². The minimum absolute atomic E-state index is 0.0530. The van der Waals surface area contributed by atoms with E-state index in [2.05, 4.69) is 9.71 Å². The van der Waals surface area contributed by atoms with Crippen LogP contribution in [0.25, 0.3) is 11.3 Å². The van der Waals surface area contributed by atoms with Crippen LogP contribution in [0.4, 0.5) is 11.5 Å². The van der Waals surface area contributed by atoms with Crippen LogP contribution in [0.5, 0.6) is 0 Å². The summed E-state index contributed by atoms with van der Waals surface area (Å²) in [6.07, 6.45) is 2.71. The lowest BCUT2D eigenvalue weighted by atomic mass is 10.1. The number of benzene rings is 1. The van der Waals surface area contributed by atoms with Gasteiger partial charge in [-0.2, -0.15) is 0 Å². The lowest BCUT2D eigenvalue weighted by Crippen LogP contribution is -2.47. The number of hydrogen-bond acceptors (Lipinski definition) is 6. The molecule has 0 spiro atoms. The summed E-state index contributed by atoms with van der Waals surface area (Å²) in [7, 11) is -3.28. The predicted octanol–water partition coefficient (Wildman–Crippen LogP) is 2.17. The molecule has 1 unspecified atom stereocenters. The predicted molar refractivity (Wildman–Crippen MR) is 99.5 cm³/mol. The molecular formula is C17H20N4O4S. The molecule has 0 amide bonds. The first-order chi connectivity index (χ1) is 12.3. The molecule has 1 saturated heterocycles. The van der Waals surface area contributed by atoms with Gasteiger partial charge in [-0.25, -0.2) is 18.1 Å². The van der Waals surface area contributed by atoms with E-state index in [0.717, 1.165) is 25.6 Å². The smallest absolute Gasteiger partial charge is 0.295 e. The number of piperidine rings is 1. The first-order valence-electron chi connectivity index (χ1n) is 8.26. The van der Waals surface area contributed by atoms with Crippen molar-refractivity contribution >= 4 is 21.5 Å². The number of rotatable bonds is 5. The van der Waals surface area contributed by atoms with E-state index in [0.29, 0.717) is 23.6 Å². The third-order valence-electron chi connectivity index (χ3n) is 4.23. The standard InChI is InChI=1S/C17H20N4O4S/c1-26(24,25)19-14-8-5-11-20(12-14)16-10-9-15(21(22)23)17(18-16)13-6-3-2-4-7-13/h2-4,6-7,9-10,14,19H,5,8,11-12H2,1H3. The minimum atomic E-state index is -3.28. The monoisotopic (exact) mass is 376 g/mol. The largest absolute Gasteiger partial charge is 0.355 e. The van der Waals surface area contributed by atoms with Gasteiger partial charge in [-0.15, -0.1) is 0 Å². The molecule has 0 bridgehead atoms. The fourth-order valence-electron chi connectivity index (χ4n) is 3.16. The van der Waals surface area contributed by atoms with E-state index < -0.39 is 14.9 Å². The maximum atomic E-state index is 11.5. The molecule has 1 atom stereocenters. The van der Waals surface area contributed by atoms with Gasteiger partial charge < -0.3 is 4.90 Å². The zero-order chi connectivity index (χ0) is 18.7. The molecule has 138 valence electrons. The fraction of sp³-hybridized carbons (Fsp3) is 0.353. The fourth-order valence-corrected chi connectivity index (χ4v) is 3.96. The third kappa shape index (κ3) is 4.36. The van der Waals surface area contributed by atoms with Crippen molar-refractivity contribution in [3.8, 4) is 11.3 Å². The highest BCUT2D eigenvalue weighted by Crippen LogP contribution is 2.31. The van der Waals surface area contributed by atoms with Crippen molar-refractivity contribution in [2.75, 3.05) is 24.2 Å². The Morgan fingerprint density at radius 2 is 1.96 bits per heavy atom. The molecule has 1 aliphatic heterocycles. The van der Waals surface area contributed by atoms with Crippen LogP contribution in [0.15, 0.2) is 42.5 Å². The van der Waals surface area contributed by atoms with E-state index >= 15 is 0 Å². The van der Waals surface area contributed by atoms with Gasteiger partial charge in [-0.05, 0) is 18.9 Å². The van der Waals surface area contributed by atoms with Crippen molar-refractivity contribution in [1.29, 1.82) is 0 Å². The van der Waals surface area contributed by atoms with E-state index in [1.54, 1.807) is 30.3 Å². The number of nitro groups is 1. The molecular weight excluding hydrogens is 356 g/mol. The summed E-state index contributed by atoms with van der Waals surface area (Å²) in [5, 5.41) is 11.4. The van der Waals surface area contributed by atoms with Gasteiger partial charge >= 0.3 is 0 Å². The number of aromatic nitrogens is 1.